The molecule has 0 aliphatic carbocycles. The van der Waals surface area contributed by atoms with Crippen molar-refractivity contribution in [1.29, 1.82) is 0 Å². The van der Waals surface area contributed by atoms with E-state index in [1.54, 1.807) is 7.11 Å². The highest BCUT2D eigenvalue weighted by Gasteiger charge is 2.34. The number of amides is 2. The number of ether oxygens (including phenoxy) is 1. The van der Waals surface area contributed by atoms with Crippen LogP contribution in [0.25, 0.3) is 0 Å². The first kappa shape index (κ1) is 22.2. The molecule has 2 aliphatic heterocycles. The van der Waals surface area contributed by atoms with Crippen LogP contribution in [-0.2, 0) is 14.3 Å². The lowest BCUT2D eigenvalue weighted by atomic mass is 10.0. The molecule has 2 atom stereocenters. The molecule has 1 aromatic rings. The number of methoxy groups -OCH3 is 1. The molecule has 2 saturated heterocycles. The van der Waals surface area contributed by atoms with Gasteiger partial charge in [-0.2, -0.15) is 0 Å². The Balaban J connectivity index is 1.39. The second kappa shape index (κ2) is 11.0. The number of nitrogens with one attached hydrogen (secondary N) is 3. The fourth-order valence-electron chi connectivity index (χ4n) is 3.68. The van der Waals surface area contributed by atoms with Crippen molar-refractivity contribution in [2.24, 2.45) is 0 Å². The molecule has 29 heavy (non-hydrogen) atoms. The molecule has 2 amide bonds. The van der Waals surface area contributed by atoms with Crippen LogP contribution in [0, 0.1) is 0 Å². The van der Waals surface area contributed by atoms with Crippen molar-refractivity contribution in [2.45, 2.75) is 24.9 Å². The summed E-state index contributed by atoms with van der Waals surface area (Å²) in [6.07, 6.45) is 1.54. The molecule has 2 unspecified atom stereocenters. The lowest BCUT2D eigenvalue weighted by molar-refractivity contribution is -0.135. The molecule has 2 heterocycles. The van der Waals surface area contributed by atoms with Gasteiger partial charge in [0.05, 0.1) is 6.54 Å². The van der Waals surface area contributed by atoms with E-state index >= 15 is 0 Å². The van der Waals surface area contributed by atoms with E-state index in [1.165, 1.54) is 0 Å². The maximum absolute atomic E-state index is 12.9. The third kappa shape index (κ3) is 6.48. The SMILES string of the molecule is COCCCNC(=O)CN1CCN(C(=O)C2CC(c3ccc(Br)cc3)NN2)CC1. The highest BCUT2D eigenvalue weighted by molar-refractivity contribution is 9.10. The van der Waals surface area contributed by atoms with Crippen LogP contribution in [0.3, 0.4) is 0 Å². The van der Waals surface area contributed by atoms with E-state index in [1.807, 2.05) is 17.0 Å². The maximum atomic E-state index is 12.9. The average molecular weight is 468 g/mol. The summed E-state index contributed by atoms with van der Waals surface area (Å²) in [5.41, 5.74) is 7.56. The van der Waals surface area contributed by atoms with Gasteiger partial charge in [0.1, 0.15) is 6.04 Å². The highest BCUT2D eigenvalue weighted by Crippen LogP contribution is 2.24. The van der Waals surface area contributed by atoms with Crippen molar-refractivity contribution in [2.75, 3.05) is 53.0 Å². The summed E-state index contributed by atoms with van der Waals surface area (Å²) in [6, 6.07) is 8.06. The Kier molecular flexibility index (Phi) is 8.43. The number of rotatable bonds is 8. The summed E-state index contributed by atoms with van der Waals surface area (Å²) >= 11 is 3.45. The Hall–Kier alpha value is -1.52. The van der Waals surface area contributed by atoms with E-state index in [-0.39, 0.29) is 23.9 Å². The number of piperazine rings is 1. The van der Waals surface area contributed by atoms with Crippen LogP contribution in [0.5, 0.6) is 0 Å². The van der Waals surface area contributed by atoms with Gasteiger partial charge in [0.15, 0.2) is 0 Å². The fourth-order valence-corrected chi connectivity index (χ4v) is 3.95. The molecule has 9 heteroatoms. The van der Waals surface area contributed by atoms with Crippen molar-refractivity contribution in [3.05, 3.63) is 34.3 Å². The molecule has 0 radical (unpaired) electrons. The fraction of sp³-hybridized carbons (Fsp3) is 0.600. The zero-order valence-electron chi connectivity index (χ0n) is 16.8. The second-order valence-corrected chi connectivity index (χ2v) is 8.39. The quantitative estimate of drug-likeness (QED) is 0.486. The summed E-state index contributed by atoms with van der Waals surface area (Å²) in [6.45, 7) is 4.39. The van der Waals surface area contributed by atoms with Crippen LogP contribution < -0.4 is 16.2 Å². The number of hydrogen-bond donors (Lipinski definition) is 3. The van der Waals surface area contributed by atoms with E-state index in [9.17, 15) is 9.59 Å². The number of halogens is 1. The van der Waals surface area contributed by atoms with Crippen molar-refractivity contribution in [1.82, 2.24) is 26.0 Å². The largest absolute Gasteiger partial charge is 0.385 e. The lowest BCUT2D eigenvalue weighted by Gasteiger charge is -2.35. The molecule has 3 rings (SSSR count). The molecule has 160 valence electrons. The summed E-state index contributed by atoms with van der Waals surface area (Å²) < 4.78 is 6.02. The van der Waals surface area contributed by atoms with E-state index < -0.39 is 0 Å². The summed E-state index contributed by atoms with van der Waals surface area (Å²) in [5, 5.41) is 2.90. The van der Waals surface area contributed by atoms with Gasteiger partial charge >= 0.3 is 0 Å². The number of carbonyl (C=O) groups is 2. The second-order valence-electron chi connectivity index (χ2n) is 7.48. The van der Waals surface area contributed by atoms with Crippen LogP contribution in [0.15, 0.2) is 28.7 Å². The highest BCUT2D eigenvalue weighted by atomic mass is 79.9. The smallest absolute Gasteiger partial charge is 0.241 e. The topological polar surface area (TPSA) is 85.9 Å². The van der Waals surface area contributed by atoms with Crippen LogP contribution in [-0.4, -0.2) is 80.6 Å². The molecule has 2 fully saturated rings. The summed E-state index contributed by atoms with van der Waals surface area (Å²) in [4.78, 5) is 28.9. The maximum Gasteiger partial charge on any atom is 0.241 e. The molecule has 0 saturated carbocycles. The third-order valence-corrected chi connectivity index (χ3v) is 5.90. The number of nitrogens with zero attached hydrogens (tertiary/aromatic N) is 2. The monoisotopic (exact) mass is 467 g/mol. The minimum atomic E-state index is -0.223. The molecular weight excluding hydrogens is 438 g/mol. The van der Waals surface area contributed by atoms with E-state index in [2.05, 4.69) is 49.1 Å². The zero-order chi connectivity index (χ0) is 20.6. The van der Waals surface area contributed by atoms with Crippen molar-refractivity contribution < 1.29 is 14.3 Å². The Morgan fingerprint density at radius 1 is 1.17 bits per heavy atom. The molecule has 1 aromatic carbocycles. The van der Waals surface area contributed by atoms with Crippen molar-refractivity contribution >= 4 is 27.7 Å². The van der Waals surface area contributed by atoms with E-state index in [4.69, 9.17) is 4.74 Å². The van der Waals surface area contributed by atoms with E-state index in [0.717, 1.165) is 22.9 Å². The van der Waals surface area contributed by atoms with Crippen molar-refractivity contribution in [3.8, 4) is 0 Å². The molecular formula is C20H30BrN5O3. The normalized spacial score (nSPS) is 22.6. The standard InChI is InChI=1S/C20H30BrN5O3/c1-29-12-2-7-22-19(27)14-25-8-10-26(11-9-25)20(28)18-13-17(23-24-18)15-3-5-16(21)6-4-15/h3-6,17-18,23-24H,2,7-14H2,1H3,(H,22,27). The van der Waals surface area contributed by atoms with Crippen LogP contribution in [0.4, 0.5) is 0 Å². The number of hydrogen-bond acceptors (Lipinski definition) is 6. The first-order valence-corrected chi connectivity index (χ1v) is 10.9. The van der Waals surface area contributed by atoms with Crippen LogP contribution in [0.2, 0.25) is 0 Å². The molecule has 0 spiro atoms. The Morgan fingerprint density at radius 2 is 1.90 bits per heavy atom. The van der Waals surface area contributed by atoms with Gasteiger partial charge in [-0.05, 0) is 30.5 Å². The van der Waals surface area contributed by atoms with Crippen LogP contribution >= 0.6 is 15.9 Å². The predicted octanol–water partition coefficient (Wildman–Crippen LogP) is 0.654. The van der Waals surface area contributed by atoms with E-state index in [0.29, 0.717) is 45.9 Å². The molecule has 3 N–H and O–H groups in total. The predicted molar refractivity (Wildman–Crippen MR) is 114 cm³/mol. The molecule has 2 aliphatic rings. The third-order valence-electron chi connectivity index (χ3n) is 5.37. The molecule has 0 aromatic heterocycles. The first-order valence-electron chi connectivity index (χ1n) is 10.1. The molecule has 8 nitrogen and oxygen atoms in total. The van der Waals surface area contributed by atoms with Crippen molar-refractivity contribution in [3.63, 3.8) is 0 Å². The lowest BCUT2D eigenvalue weighted by Crippen LogP contribution is -2.54. The van der Waals surface area contributed by atoms with Gasteiger partial charge in [-0.25, -0.2) is 10.9 Å². The van der Waals surface area contributed by atoms with Gasteiger partial charge in [0, 0.05) is 57.0 Å². The average Bonchev–Trinajstić information content (AvgIpc) is 3.22. The number of hydrazine groups is 1. The van der Waals surface area contributed by atoms with Gasteiger partial charge in [-0.3, -0.25) is 14.5 Å². The Bertz CT molecular complexity index is 679. The summed E-state index contributed by atoms with van der Waals surface area (Å²) in [7, 11) is 1.65. The Morgan fingerprint density at radius 3 is 2.59 bits per heavy atom. The number of benzene rings is 1. The van der Waals surface area contributed by atoms with Gasteiger partial charge < -0.3 is 15.0 Å². The summed E-state index contributed by atoms with van der Waals surface area (Å²) in [5.74, 6) is 0.153. The zero-order valence-corrected chi connectivity index (χ0v) is 18.4. The van der Waals surface area contributed by atoms with Gasteiger partial charge in [0.25, 0.3) is 0 Å². The molecule has 0 bridgehead atoms. The van der Waals surface area contributed by atoms with Gasteiger partial charge in [0.2, 0.25) is 11.8 Å². The van der Waals surface area contributed by atoms with Gasteiger partial charge in [-0.1, -0.05) is 28.1 Å². The minimum absolute atomic E-state index is 0.0277. The first-order chi connectivity index (χ1) is 14.1. The van der Waals surface area contributed by atoms with Gasteiger partial charge in [-0.15, -0.1) is 0 Å². The van der Waals surface area contributed by atoms with Crippen LogP contribution in [0.1, 0.15) is 24.4 Å². The minimum Gasteiger partial charge on any atom is -0.385 e. The number of carbonyl (C=O) groups excluding carboxylic acids is 2. The Labute approximate surface area is 180 Å².